The van der Waals surface area contributed by atoms with Gasteiger partial charge < -0.3 is 56.2 Å². The van der Waals surface area contributed by atoms with Gasteiger partial charge in [0.1, 0.15) is 47.3 Å². The van der Waals surface area contributed by atoms with Crippen molar-refractivity contribution in [2.75, 3.05) is 41.5 Å². The number of hydrogen-bond donors (Lipinski definition) is 6. The molecular weight excluding hydrogens is 935 g/mol. The Morgan fingerprint density at radius 1 is 0.781 bits per heavy atom. The molecule has 5 unspecified atom stereocenters. The third-order valence-electron chi connectivity index (χ3n) is 12.4. The number of hydrogen-bond acceptors (Lipinski definition) is 12. The van der Waals surface area contributed by atoms with E-state index < -0.39 is 84.0 Å². The number of esters is 1. The van der Waals surface area contributed by atoms with Crippen LogP contribution in [-0.4, -0.2) is 118 Å². The minimum atomic E-state index is -1.44. The number of nitrogens with two attached hydrogens (primary N) is 1. The van der Waals surface area contributed by atoms with Crippen molar-refractivity contribution >= 4 is 41.6 Å². The predicted octanol–water partition coefficient (Wildman–Crippen LogP) is 5.54. The highest BCUT2D eigenvalue weighted by molar-refractivity contribution is 5.98. The lowest BCUT2D eigenvalue weighted by molar-refractivity contribution is -0.145. The minimum absolute atomic E-state index is 0.0403. The number of rotatable bonds is 19. The number of likely N-dealkylation sites (N-methyl/N-ethyl adjacent to an activating group) is 1. The van der Waals surface area contributed by atoms with Crippen molar-refractivity contribution in [3.05, 3.63) is 107 Å². The first-order valence-corrected chi connectivity index (χ1v) is 24.6. The van der Waals surface area contributed by atoms with Crippen LogP contribution in [0.2, 0.25) is 0 Å². The van der Waals surface area contributed by atoms with E-state index in [1.54, 1.807) is 69.3 Å². The molecule has 0 radical (unpaired) electrons. The Labute approximate surface area is 427 Å². The summed E-state index contributed by atoms with van der Waals surface area (Å²) in [5.74, 6) is -3.41. The zero-order valence-corrected chi connectivity index (χ0v) is 43.3. The average molecular weight is 1010 g/mol. The Kier molecular flexibility index (Phi) is 20.3. The first-order valence-electron chi connectivity index (χ1n) is 24.6. The fourth-order valence-corrected chi connectivity index (χ4v) is 8.39. The van der Waals surface area contributed by atoms with Gasteiger partial charge >= 0.3 is 12.1 Å². The summed E-state index contributed by atoms with van der Waals surface area (Å²) in [6.07, 6.45) is 3.23. The van der Waals surface area contributed by atoms with E-state index in [0.29, 0.717) is 52.2 Å². The van der Waals surface area contributed by atoms with E-state index in [1.165, 1.54) is 40.9 Å². The van der Waals surface area contributed by atoms with Crippen LogP contribution in [0.25, 0.3) is 22.3 Å². The highest BCUT2D eigenvalue weighted by Crippen LogP contribution is 2.40. The number of unbranched alkanes of at least 4 members (excludes halogenated alkanes) is 2. The van der Waals surface area contributed by atoms with E-state index in [0.717, 1.165) is 35.3 Å². The molecule has 0 fully saturated rings. The molecule has 5 rings (SSSR count). The quantitative estimate of drug-likeness (QED) is 0.0501. The van der Waals surface area contributed by atoms with Crippen LogP contribution in [0.4, 0.5) is 4.79 Å². The lowest BCUT2D eigenvalue weighted by Gasteiger charge is -2.33. The largest absolute Gasteiger partial charge is 0.496 e. The van der Waals surface area contributed by atoms with E-state index in [1.807, 2.05) is 24.3 Å². The van der Waals surface area contributed by atoms with Gasteiger partial charge in [-0.05, 0) is 131 Å². The number of nitrogens with one attached hydrogen (secondary N) is 5. The van der Waals surface area contributed by atoms with Crippen LogP contribution in [0.5, 0.6) is 11.5 Å². The van der Waals surface area contributed by atoms with Crippen molar-refractivity contribution < 1.29 is 52.5 Å². The molecule has 1 aliphatic rings. The number of methoxy groups -OCH3 is 3. The van der Waals surface area contributed by atoms with Crippen LogP contribution in [0.1, 0.15) is 99.8 Å². The topological polar surface area (TPSA) is 246 Å². The summed E-state index contributed by atoms with van der Waals surface area (Å²) in [4.78, 5) is 98.7. The minimum Gasteiger partial charge on any atom is -0.496 e. The van der Waals surface area contributed by atoms with Gasteiger partial charge in [0, 0.05) is 36.7 Å². The van der Waals surface area contributed by atoms with Gasteiger partial charge in [0.25, 0.3) is 5.91 Å². The number of amides is 6. The van der Waals surface area contributed by atoms with E-state index in [2.05, 4.69) is 45.6 Å². The fourth-order valence-electron chi connectivity index (χ4n) is 8.39. The van der Waals surface area contributed by atoms with Crippen molar-refractivity contribution in [3.8, 4) is 33.8 Å². The Morgan fingerprint density at radius 2 is 1.41 bits per heavy atom. The number of carbonyl (C=O) groups excluding carboxylic acids is 7. The molecule has 18 nitrogen and oxygen atoms in total. The molecule has 4 aromatic carbocycles. The highest BCUT2D eigenvalue weighted by Gasteiger charge is 2.37. The summed E-state index contributed by atoms with van der Waals surface area (Å²) < 4.78 is 22.0. The summed E-state index contributed by atoms with van der Waals surface area (Å²) in [6.45, 7) is 8.45. The van der Waals surface area contributed by atoms with Gasteiger partial charge in [-0.2, -0.15) is 0 Å². The molecule has 392 valence electrons. The molecule has 18 heteroatoms. The third-order valence-corrected chi connectivity index (χ3v) is 12.4. The number of nitrogens with zero attached hydrogens (tertiary/aromatic N) is 1. The molecule has 6 amide bonds. The Bertz CT molecular complexity index is 2580. The second kappa shape index (κ2) is 26.3. The number of fused-ring (bicyclic) bond motifs is 5. The van der Waals surface area contributed by atoms with Crippen molar-refractivity contribution in [3.63, 3.8) is 0 Å². The SMILES string of the molecule is CCCCc1ccc(-c2ccc(C(=O)NCC(NC(=O)OC(C)(C)C)C(=O)NC(CCCCN)C(=O)N(C)C3C(=O)NC(C)C(=O)NC(C(=O)OC)Cc4ccc(OC)c(c4)-c4cc3ccc4OC)cc2)cc1. The van der Waals surface area contributed by atoms with Gasteiger partial charge in [-0.25, -0.2) is 9.59 Å². The van der Waals surface area contributed by atoms with Crippen LogP contribution in [0, 0.1) is 0 Å². The van der Waals surface area contributed by atoms with Crippen LogP contribution in [0.3, 0.4) is 0 Å². The summed E-state index contributed by atoms with van der Waals surface area (Å²) in [5, 5.41) is 13.5. The molecule has 0 saturated carbocycles. The van der Waals surface area contributed by atoms with Crippen LogP contribution in [-0.2, 0) is 46.3 Å². The molecule has 0 saturated heterocycles. The molecule has 1 heterocycles. The van der Waals surface area contributed by atoms with Crippen molar-refractivity contribution in [1.82, 2.24) is 31.5 Å². The van der Waals surface area contributed by atoms with E-state index in [4.69, 9.17) is 24.7 Å². The summed E-state index contributed by atoms with van der Waals surface area (Å²) >= 11 is 0. The molecular formula is C55H71N7O11. The third kappa shape index (κ3) is 15.5. The van der Waals surface area contributed by atoms with E-state index >= 15 is 0 Å². The maximum Gasteiger partial charge on any atom is 0.408 e. The molecule has 5 atom stereocenters. The maximum atomic E-state index is 15.0. The number of ether oxygens (including phenoxy) is 4. The second-order valence-corrected chi connectivity index (χ2v) is 19.0. The van der Waals surface area contributed by atoms with Crippen molar-refractivity contribution in [1.29, 1.82) is 0 Å². The highest BCUT2D eigenvalue weighted by atomic mass is 16.6. The molecule has 73 heavy (non-hydrogen) atoms. The molecule has 4 bridgehead atoms. The standard InChI is InChI=1S/C55H71N7O11/c1-10-11-14-34-16-19-36(20-17-34)37-21-23-38(24-22-37)49(64)57-32-44(61-54(69)73-55(3,4)5)50(65)59-42(15-12-13-28-56)52(67)62(6)47-39-25-27-46(71-8)41(31-39)40-29-35(18-26-45(40)70-7)30-43(53(68)72-9)60-48(63)33(2)58-51(47)66/h16-27,29,31,33,42-44,47H,10-15,28,30,32,56H2,1-9H3,(H,57,64)(H,58,66)(H,59,65)(H,60,63)(H,61,69). The summed E-state index contributed by atoms with van der Waals surface area (Å²) in [7, 11) is 5.57. The normalized spacial score (nSPS) is 16.5. The van der Waals surface area contributed by atoms with Gasteiger partial charge in [-0.1, -0.05) is 61.9 Å². The smallest absolute Gasteiger partial charge is 0.408 e. The lowest BCUT2D eigenvalue weighted by atomic mass is 9.93. The second-order valence-electron chi connectivity index (χ2n) is 19.0. The van der Waals surface area contributed by atoms with Gasteiger partial charge in [-0.3, -0.25) is 24.0 Å². The van der Waals surface area contributed by atoms with Crippen molar-refractivity contribution in [2.24, 2.45) is 5.73 Å². The molecule has 0 aromatic heterocycles. The molecule has 7 N–H and O–H groups in total. The number of alkyl carbamates (subject to hydrolysis) is 1. The van der Waals surface area contributed by atoms with Gasteiger partial charge in [0.15, 0.2) is 0 Å². The Balaban J connectivity index is 1.47. The summed E-state index contributed by atoms with van der Waals surface area (Å²) in [6, 6.07) is 18.9. The maximum absolute atomic E-state index is 15.0. The predicted molar refractivity (Wildman–Crippen MR) is 277 cm³/mol. The zero-order chi connectivity index (χ0) is 53.4. The average Bonchev–Trinajstić information content (AvgIpc) is 3.37. The lowest BCUT2D eigenvalue weighted by Crippen LogP contribution is -2.58. The van der Waals surface area contributed by atoms with Crippen LogP contribution in [0.15, 0.2) is 84.9 Å². The molecule has 0 spiro atoms. The Hall–Kier alpha value is -7.47. The van der Waals surface area contributed by atoms with E-state index in [9.17, 15) is 33.6 Å². The number of aryl methyl sites for hydroxylation is 1. The van der Waals surface area contributed by atoms with Crippen LogP contribution < -0.4 is 41.8 Å². The number of carbonyl (C=O) groups is 7. The first-order chi connectivity index (χ1) is 34.8. The molecule has 1 aliphatic heterocycles. The number of benzene rings is 4. The fraction of sp³-hybridized carbons (Fsp3) is 0.436. The first kappa shape index (κ1) is 56.4. The van der Waals surface area contributed by atoms with Gasteiger partial charge in [0.2, 0.25) is 23.6 Å². The van der Waals surface area contributed by atoms with Crippen LogP contribution >= 0.6 is 0 Å². The zero-order valence-electron chi connectivity index (χ0n) is 43.3. The van der Waals surface area contributed by atoms with Gasteiger partial charge in [-0.15, -0.1) is 0 Å². The molecule has 4 aromatic rings. The Morgan fingerprint density at radius 3 is 2.01 bits per heavy atom. The summed E-state index contributed by atoms with van der Waals surface area (Å²) in [5.41, 5.74) is 10.3. The van der Waals surface area contributed by atoms with Crippen molar-refractivity contribution in [2.45, 2.75) is 115 Å². The van der Waals surface area contributed by atoms with Gasteiger partial charge in [0.05, 0.1) is 21.3 Å². The van der Waals surface area contributed by atoms with E-state index in [-0.39, 0.29) is 19.4 Å². The molecule has 0 aliphatic carbocycles. The monoisotopic (exact) mass is 1010 g/mol.